The Morgan fingerprint density at radius 2 is 1.96 bits per heavy atom. The van der Waals surface area contributed by atoms with Gasteiger partial charge < -0.3 is 19.2 Å². The number of ether oxygens (including phenoxy) is 1. The molecule has 2 atom stereocenters. The van der Waals surface area contributed by atoms with Crippen molar-refractivity contribution in [3.8, 4) is 11.3 Å². The third-order valence-electron chi connectivity index (χ3n) is 3.78. The van der Waals surface area contributed by atoms with Crippen LogP contribution in [0.15, 0.2) is 40.8 Å². The summed E-state index contributed by atoms with van der Waals surface area (Å²) in [5.41, 5.74) is 0.260. The van der Waals surface area contributed by atoms with Crippen LogP contribution in [0.3, 0.4) is 0 Å². The maximum atomic E-state index is 13.8. The zero-order valence-electron chi connectivity index (χ0n) is 12.9. The molecule has 0 bridgehead atoms. The van der Waals surface area contributed by atoms with E-state index in [1.54, 1.807) is 25.1 Å². The molecule has 0 radical (unpaired) electrons. The first-order valence-corrected chi connectivity index (χ1v) is 7.48. The molecular formula is C17H16FNO5. The van der Waals surface area contributed by atoms with E-state index in [2.05, 4.69) is 0 Å². The number of carboxylic acids is 1. The fourth-order valence-corrected chi connectivity index (χ4v) is 2.67. The Labute approximate surface area is 137 Å². The highest BCUT2D eigenvalue weighted by Crippen LogP contribution is 2.26. The predicted molar refractivity (Wildman–Crippen MR) is 82.0 cm³/mol. The van der Waals surface area contributed by atoms with E-state index in [4.69, 9.17) is 14.3 Å². The van der Waals surface area contributed by atoms with E-state index in [0.717, 1.165) is 0 Å². The lowest BCUT2D eigenvalue weighted by molar-refractivity contribution is -0.160. The summed E-state index contributed by atoms with van der Waals surface area (Å²) >= 11 is 0. The largest absolute Gasteiger partial charge is 0.479 e. The van der Waals surface area contributed by atoms with E-state index in [1.807, 2.05) is 0 Å². The zero-order chi connectivity index (χ0) is 17.3. The third-order valence-corrected chi connectivity index (χ3v) is 3.78. The molecule has 3 rings (SSSR count). The second-order valence-electron chi connectivity index (χ2n) is 5.63. The molecule has 1 aromatic heterocycles. The van der Waals surface area contributed by atoms with Gasteiger partial charge >= 0.3 is 5.97 Å². The third kappa shape index (κ3) is 3.16. The minimum Gasteiger partial charge on any atom is -0.479 e. The van der Waals surface area contributed by atoms with E-state index in [1.165, 1.54) is 23.1 Å². The molecular weight excluding hydrogens is 317 g/mol. The van der Waals surface area contributed by atoms with Crippen LogP contribution in [0.25, 0.3) is 11.3 Å². The van der Waals surface area contributed by atoms with Gasteiger partial charge in [-0.25, -0.2) is 9.18 Å². The van der Waals surface area contributed by atoms with Gasteiger partial charge in [0.2, 0.25) is 0 Å². The van der Waals surface area contributed by atoms with Crippen LogP contribution >= 0.6 is 0 Å². The van der Waals surface area contributed by atoms with Gasteiger partial charge in [-0.3, -0.25) is 4.79 Å². The van der Waals surface area contributed by atoms with Gasteiger partial charge in [-0.2, -0.15) is 0 Å². The number of amides is 1. The Kier molecular flexibility index (Phi) is 4.35. The molecule has 24 heavy (non-hydrogen) atoms. The van der Waals surface area contributed by atoms with Gasteiger partial charge in [0, 0.05) is 6.54 Å². The van der Waals surface area contributed by atoms with E-state index < -0.39 is 29.9 Å². The molecule has 6 nitrogen and oxygen atoms in total. The molecule has 126 valence electrons. The minimum absolute atomic E-state index is 0.0338. The van der Waals surface area contributed by atoms with E-state index in [-0.39, 0.29) is 30.2 Å². The normalized spacial score (nSPS) is 20.8. The molecule has 1 N–H and O–H groups in total. The summed E-state index contributed by atoms with van der Waals surface area (Å²) in [6, 6.07) is 9.07. The Morgan fingerprint density at radius 1 is 1.21 bits per heavy atom. The summed E-state index contributed by atoms with van der Waals surface area (Å²) < 4.78 is 24.6. The number of hydrogen-bond donors (Lipinski definition) is 1. The Morgan fingerprint density at radius 3 is 2.67 bits per heavy atom. The molecule has 1 unspecified atom stereocenters. The summed E-state index contributed by atoms with van der Waals surface area (Å²) in [6.07, 6.45) is -1.47. The number of carboxylic acid groups (broad SMARTS) is 1. The molecule has 0 saturated carbocycles. The number of morpholine rings is 1. The quantitative estimate of drug-likeness (QED) is 0.933. The highest BCUT2D eigenvalue weighted by atomic mass is 19.1. The van der Waals surface area contributed by atoms with Crippen LogP contribution in [0.5, 0.6) is 0 Å². The number of carbonyl (C=O) groups excluding carboxylic acids is 1. The minimum atomic E-state index is -1.12. The van der Waals surface area contributed by atoms with Crippen molar-refractivity contribution < 1.29 is 28.2 Å². The Hall–Kier alpha value is -2.67. The maximum absolute atomic E-state index is 13.8. The lowest BCUT2D eigenvalue weighted by atomic mass is 10.1. The van der Waals surface area contributed by atoms with Crippen molar-refractivity contribution in [2.75, 3.05) is 13.1 Å². The summed E-state index contributed by atoms with van der Waals surface area (Å²) in [5, 5.41) is 9.08. The van der Waals surface area contributed by atoms with Gasteiger partial charge in [-0.15, -0.1) is 0 Å². The van der Waals surface area contributed by atoms with Crippen LogP contribution < -0.4 is 0 Å². The SMILES string of the molecule is C[C@@H]1CN(C(=O)c2ccc(-c3ccccc3F)o2)CC(C(=O)O)O1. The average Bonchev–Trinajstić information content (AvgIpc) is 3.03. The first-order chi connectivity index (χ1) is 11.5. The lowest BCUT2D eigenvalue weighted by Crippen LogP contribution is -2.51. The monoisotopic (exact) mass is 333 g/mol. The first-order valence-electron chi connectivity index (χ1n) is 7.48. The van der Waals surface area contributed by atoms with Crippen molar-refractivity contribution in [2.45, 2.75) is 19.1 Å². The molecule has 2 heterocycles. The summed E-state index contributed by atoms with van der Waals surface area (Å²) in [7, 11) is 0. The number of carbonyl (C=O) groups is 2. The zero-order valence-corrected chi connectivity index (χ0v) is 12.9. The molecule has 1 fully saturated rings. The van der Waals surface area contributed by atoms with E-state index in [0.29, 0.717) is 0 Å². The highest BCUT2D eigenvalue weighted by Gasteiger charge is 2.34. The highest BCUT2D eigenvalue weighted by molar-refractivity contribution is 5.92. The topological polar surface area (TPSA) is 80.0 Å². The van der Waals surface area contributed by atoms with Gasteiger partial charge in [0.05, 0.1) is 18.2 Å². The average molecular weight is 333 g/mol. The molecule has 1 aliphatic rings. The summed E-state index contributed by atoms with van der Waals surface area (Å²) in [5.74, 6) is -1.74. The maximum Gasteiger partial charge on any atom is 0.334 e. The van der Waals surface area contributed by atoms with Gasteiger partial charge in [0.15, 0.2) is 11.9 Å². The number of hydrogen-bond acceptors (Lipinski definition) is 4. The molecule has 7 heteroatoms. The molecule has 0 spiro atoms. The fourth-order valence-electron chi connectivity index (χ4n) is 2.67. The molecule has 1 saturated heterocycles. The number of halogens is 1. The smallest absolute Gasteiger partial charge is 0.334 e. The Balaban J connectivity index is 1.81. The summed E-state index contributed by atoms with van der Waals surface area (Å²) in [6.45, 7) is 1.90. The van der Waals surface area contributed by atoms with Crippen molar-refractivity contribution in [1.29, 1.82) is 0 Å². The summed E-state index contributed by atoms with van der Waals surface area (Å²) in [4.78, 5) is 25.0. The van der Waals surface area contributed by atoms with Crippen LogP contribution in [-0.2, 0) is 9.53 Å². The van der Waals surface area contributed by atoms with Gasteiger partial charge in [0.25, 0.3) is 5.91 Å². The van der Waals surface area contributed by atoms with Crippen LogP contribution in [0.4, 0.5) is 4.39 Å². The second kappa shape index (κ2) is 6.45. The number of rotatable bonds is 3. The molecule has 1 aliphatic heterocycles. The second-order valence-corrected chi connectivity index (χ2v) is 5.63. The van der Waals surface area contributed by atoms with Crippen molar-refractivity contribution in [3.05, 3.63) is 48.0 Å². The van der Waals surface area contributed by atoms with Crippen LogP contribution in [-0.4, -0.2) is 47.2 Å². The van der Waals surface area contributed by atoms with E-state index in [9.17, 15) is 14.0 Å². The van der Waals surface area contributed by atoms with E-state index >= 15 is 0 Å². The number of aliphatic carboxylic acids is 1. The Bertz CT molecular complexity index is 772. The number of nitrogens with zero attached hydrogens (tertiary/aromatic N) is 1. The van der Waals surface area contributed by atoms with Crippen molar-refractivity contribution in [2.24, 2.45) is 0 Å². The predicted octanol–water partition coefficient (Wildman–Crippen LogP) is 2.40. The molecule has 1 aromatic carbocycles. The van der Waals surface area contributed by atoms with Crippen LogP contribution in [0, 0.1) is 5.82 Å². The lowest BCUT2D eigenvalue weighted by Gasteiger charge is -2.34. The molecule has 0 aliphatic carbocycles. The number of furan rings is 1. The van der Waals surface area contributed by atoms with Crippen molar-refractivity contribution >= 4 is 11.9 Å². The number of benzene rings is 1. The van der Waals surface area contributed by atoms with Crippen LogP contribution in [0.2, 0.25) is 0 Å². The van der Waals surface area contributed by atoms with Gasteiger partial charge in [-0.05, 0) is 31.2 Å². The van der Waals surface area contributed by atoms with Crippen molar-refractivity contribution in [1.82, 2.24) is 4.90 Å². The molecule has 2 aromatic rings. The van der Waals surface area contributed by atoms with Gasteiger partial charge in [-0.1, -0.05) is 12.1 Å². The van der Waals surface area contributed by atoms with Crippen LogP contribution in [0.1, 0.15) is 17.5 Å². The molecule has 1 amide bonds. The first kappa shape index (κ1) is 16.2. The fraction of sp³-hybridized carbons (Fsp3) is 0.294. The standard InChI is InChI=1S/C17H16FNO5/c1-10-8-19(9-15(23-10)17(21)22)16(20)14-7-6-13(24-14)11-4-2-3-5-12(11)18/h2-7,10,15H,8-9H2,1H3,(H,21,22)/t10-,15?/m1/s1. The van der Waals surface area contributed by atoms with Gasteiger partial charge in [0.1, 0.15) is 11.6 Å². The van der Waals surface area contributed by atoms with Crippen molar-refractivity contribution in [3.63, 3.8) is 0 Å².